The molecule has 2 saturated carbocycles. The van der Waals surface area contributed by atoms with Crippen LogP contribution in [0.5, 0.6) is 0 Å². The molecule has 28 heavy (non-hydrogen) atoms. The van der Waals surface area contributed by atoms with Crippen LogP contribution in [0.4, 0.5) is 11.4 Å². The summed E-state index contributed by atoms with van der Waals surface area (Å²) in [5.74, 6) is 0.955. The highest BCUT2D eigenvalue weighted by atomic mass is 16.2. The quantitative estimate of drug-likeness (QED) is 0.728. The van der Waals surface area contributed by atoms with Crippen molar-refractivity contribution in [3.05, 3.63) is 24.3 Å². The zero-order valence-corrected chi connectivity index (χ0v) is 16.5. The number of hydrogen-bond acceptors (Lipinski definition) is 4. The molecule has 1 aromatic rings. The molecule has 4 unspecified atom stereocenters. The van der Waals surface area contributed by atoms with Crippen LogP contribution in [-0.2, 0) is 9.59 Å². The zero-order valence-electron chi connectivity index (χ0n) is 16.5. The highest BCUT2D eigenvalue weighted by molar-refractivity contribution is 5.95. The van der Waals surface area contributed by atoms with Crippen molar-refractivity contribution in [3.8, 4) is 0 Å². The molecule has 0 spiro atoms. The topological polar surface area (TPSA) is 87.5 Å². The van der Waals surface area contributed by atoms with Crippen molar-refractivity contribution in [2.45, 2.75) is 51.0 Å². The first-order valence-corrected chi connectivity index (χ1v) is 10.8. The van der Waals surface area contributed by atoms with Gasteiger partial charge in [0.2, 0.25) is 11.8 Å². The van der Waals surface area contributed by atoms with Crippen molar-refractivity contribution >= 4 is 23.2 Å². The Bertz CT molecular complexity index is 695. The second-order valence-corrected chi connectivity index (χ2v) is 8.74. The molecular weight excluding hydrogens is 352 g/mol. The largest absolute Gasteiger partial charge is 0.327 e. The van der Waals surface area contributed by atoms with Crippen molar-refractivity contribution in [2.75, 3.05) is 30.3 Å². The Hall–Kier alpha value is -1.92. The van der Waals surface area contributed by atoms with Gasteiger partial charge in [0.15, 0.2) is 0 Å². The number of anilines is 2. The fourth-order valence-electron chi connectivity index (χ4n) is 5.29. The van der Waals surface area contributed by atoms with Crippen LogP contribution in [0.3, 0.4) is 0 Å². The van der Waals surface area contributed by atoms with Gasteiger partial charge in [-0.25, -0.2) is 0 Å². The van der Waals surface area contributed by atoms with Crippen LogP contribution in [-0.4, -0.2) is 42.4 Å². The molecule has 4 rings (SSSR count). The molecule has 1 aromatic carbocycles. The van der Waals surface area contributed by atoms with Crippen LogP contribution in [0, 0.1) is 17.8 Å². The van der Waals surface area contributed by atoms with Gasteiger partial charge in [-0.1, -0.05) is 12.8 Å². The van der Waals surface area contributed by atoms with Gasteiger partial charge in [0, 0.05) is 17.4 Å². The van der Waals surface area contributed by atoms with E-state index in [4.69, 9.17) is 5.73 Å². The summed E-state index contributed by atoms with van der Waals surface area (Å²) in [7, 11) is 0. The Labute approximate surface area is 167 Å². The van der Waals surface area contributed by atoms with E-state index in [0.717, 1.165) is 37.3 Å². The first kappa shape index (κ1) is 19.4. The number of rotatable bonds is 5. The fraction of sp³-hybridized carbons (Fsp3) is 0.636. The van der Waals surface area contributed by atoms with Gasteiger partial charge in [0.25, 0.3) is 0 Å². The van der Waals surface area contributed by atoms with E-state index in [1.165, 1.54) is 32.1 Å². The summed E-state index contributed by atoms with van der Waals surface area (Å²) in [6.07, 6.45) is 8.26. The van der Waals surface area contributed by atoms with Crippen LogP contribution in [0.15, 0.2) is 24.3 Å². The Balaban J connectivity index is 1.27. The lowest BCUT2D eigenvalue weighted by atomic mass is 9.84. The van der Waals surface area contributed by atoms with Crippen LogP contribution >= 0.6 is 0 Å². The number of nitrogens with two attached hydrogens (primary N) is 1. The van der Waals surface area contributed by atoms with Gasteiger partial charge in [0.1, 0.15) is 0 Å². The third-order valence-corrected chi connectivity index (χ3v) is 6.79. The van der Waals surface area contributed by atoms with Crippen molar-refractivity contribution in [2.24, 2.45) is 23.5 Å². The number of benzene rings is 1. The summed E-state index contributed by atoms with van der Waals surface area (Å²) in [5.41, 5.74) is 7.79. The molecule has 6 nitrogen and oxygen atoms in total. The number of nitrogens with zero attached hydrogens (tertiary/aromatic N) is 1. The number of fused-ring (bicyclic) bond motifs is 2. The number of hydrogen-bond donors (Lipinski definition) is 3. The molecule has 1 aliphatic heterocycles. The molecule has 0 aromatic heterocycles. The molecule has 2 aliphatic carbocycles. The second-order valence-electron chi connectivity index (χ2n) is 8.74. The van der Waals surface area contributed by atoms with E-state index in [1.807, 2.05) is 24.3 Å². The van der Waals surface area contributed by atoms with E-state index in [1.54, 1.807) is 0 Å². The van der Waals surface area contributed by atoms with E-state index in [0.29, 0.717) is 18.4 Å². The molecule has 4 N–H and O–H groups in total. The van der Waals surface area contributed by atoms with E-state index < -0.39 is 0 Å². The number of amides is 2. The summed E-state index contributed by atoms with van der Waals surface area (Å²) in [6.45, 7) is 2.45. The molecule has 2 bridgehead atoms. The lowest BCUT2D eigenvalue weighted by Crippen LogP contribution is -2.42. The summed E-state index contributed by atoms with van der Waals surface area (Å²) in [6, 6.07) is 7.38. The summed E-state index contributed by atoms with van der Waals surface area (Å²) in [4.78, 5) is 27.2. The molecular formula is C22H32N4O2. The van der Waals surface area contributed by atoms with E-state index in [2.05, 4.69) is 15.5 Å². The van der Waals surface area contributed by atoms with Crippen molar-refractivity contribution in [1.82, 2.24) is 4.90 Å². The van der Waals surface area contributed by atoms with Crippen LogP contribution in [0.25, 0.3) is 0 Å². The summed E-state index contributed by atoms with van der Waals surface area (Å²) >= 11 is 0. The minimum Gasteiger partial charge on any atom is -0.327 e. The summed E-state index contributed by atoms with van der Waals surface area (Å²) in [5, 5.41) is 5.97. The van der Waals surface area contributed by atoms with E-state index in [-0.39, 0.29) is 23.8 Å². The molecule has 3 aliphatic rings. The third-order valence-electron chi connectivity index (χ3n) is 6.79. The molecule has 1 saturated heterocycles. The van der Waals surface area contributed by atoms with Crippen molar-refractivity contribution in [3.63, 3.8) is 0 Å². The SMILES string of the molecule is NC1C2CCC(C2)C1C(=O)Nc1ccc(NC(=O)CN2CCCCCC2)cc1. The van der Waals surface area contributed by atoms with Gasteiger partial charge >= 0.3 is 0 Å². The van der Waals surface area contributed by atoms with Crippen LogP contribution in [0.2, 0.25) is 0 Å². The van der Waals surface area contributed by atoms with Gasteiger partial charge in [-0.3, -0.25) is 14.5 Å². The number of carbonyl (C=O) groups excluding carboxylic acids is 2. The van der Waals surface area contributed by atoms with Gasteiger partial charge in [-0.15, -0.1) is 0 Å². The molecule has 6 heteroatoms. The molecule has 4 atom stereocenters. The van der Waals surface area contributed by atoms with Crippen molar-refractivity contribution in [1.29, 1.82) is 0 Å². The minimum absolute atomic E-state index is 0.00343. The third kappa shape index (κ3) is 4.39. The normalized spacial score (nSPS) is 30.0. The second kappa shape index (κ2) is 8.62. The number of carbonyl (C=O) groups is 2. The maximum absolute atomic E-state index is 12.7. The maximum atomic E-state index is 12.7. The average molecular weight is 385 g/mol. The average Bonchev–Trinajstić information content (AvgIpc) is 3.17. The predicted octanol–water partition coefficient (Wildman–Crippen LogP) is 2.81. The highest BCUT2D eigenvalue weighted by Gasteiger charge is 2.49. The first-order valence-electron chi connectivity index (χ1n) is 10.8. The van der Waals surface area contributed by atoms with E-state index in [9.17, 15) is 9.59 Å². The monoisotopic (exact) mass is 384 g/mol. The van der Waals surface area contributed by atoms with Gasteiger partial charge in [0.05, 0.1) is 12.5 Å². The molecule has 1 heterocycles. The van der Waals surface area contributed by atoms with Crippen molar-refractivity contribution < 1.29 is 9.59 Å². The Morgan fingerprint density at radius 1 is 0.929 bits per heavy atom. The van der Waals surface area contributed by atoms with Gasteiger partial charge in [-0.2, -0.15) is 0 Å². The molecule has 3 fully saturated rings. The minimum atomic E-state index is -0.0632. The Morgan fingerprint density at radius 3 is 2.14 bits per heavy atom. The fourth-order valence-corrected chi connectivity index (χ4v) is 5.29. The van der Waals surface area contributed by atoms with E-state index >= 15 is 0 Å². The number of likely N-dealkylation sites (tertiary alicyclic amines) is 1. The van der Waals surface area contributed by atoms with Crippen LogP contribution < -0.4 is 16.4 Å². The lowest BCUT2D eigenvalue weighted by Gasteiger charge is -2.27. The predicted molar refractivity (Wildman–Crippen MR) is 111 cm³/mol. The first-order chi connectivity index (χ1) is 13.6. The Kier molecular flexibility index (Phi) is 5.97. The molecule has 0 radical (unpaired) electrons. The lowest BCUT2D eigenvalue weighted by molar-refractivity contribution is -0.121. The van der Waals surface area contributed by atoms with Crippen LogP contribution in [0.1, 0.15) is 44.9 Å². The standard InChI is InChI=1S/C22H32N4O2/c23-21-16-6-5-15(13-16)20(21)22(28)25-18-9-7-17(8-10-18)24-19(27)14-26-11-3-1-2-4-12-26/h7-10,15-16,20-21H,1-6,11-14,23H2,(H,24,27)(H,25,28). The Morgan fingerprint density at radius 2 is 1.54 bits per heavy atom. The molecule has 2 amide bonds. The maximum Gasteiger partial charge on any atom is 0.238 e. The summed E-state index contributed by atoms with van der Waals surface area (Å²) < 4.78 is 0. The molecule has 152 valence electrons. The van der Waals surface area contributed by atoms with Gasteiger partial charge in [-0.05, 0) is 81.3 Å². The zero-order chi connectivity index (χ0) is 19.5. The number of nitrogens with one attached hydrogen (secondary N) is 2. The highest BCUT2D eigenvalue weighted by Crippen LogP contribution is 2.47. The van der Waals surface area contributed by atoms with Gasteiger partial charge < -0.3 is 16.4 Å². The smallest absolute Gasteiger partial charge is 0.238 e.